The summed E-state index contributed by atoms with van der Waals surface area (Å²) in [5, 5.41) is 0. The van der Waals surface area contributed by atoms with E-state index in [1.807, 2.05) is 30.3 Å². The van der Waals surface area contributed by atoms with Gasteiger partial charge in [0.25, 0.3) is 0 Å². The Labute approximate surface area is 315 Å². The van der Waals surface area contributed by atoms with Gasteiger partial charge in [-0.3, -0.25) is 12.2 Å². The summed E-state index contributed by atoms with van der Waals surface area (Å²) in [5.74, 6) is 1.20. The molecule has 1 atom stereocenters. The van der Waals surface area contributed by atoms with Crippen LogP contribution in [0.3, 0.4) is 0 Å². The molecular weight excluding hydrogens is 691 g/mol. The van der Waals surface area contributed by atoms with Crippen LogP contribution < -0.4 is 0 Å². The van der Waals surface area contributed by atoms with Gasteiger partial charge in [-0.05, 0) is 58.4 Å². The molecule has 0 amide bonds. The normalized spacial score (nSPS) is 17.5. The van der Waals surface area contributed by atoms with Gasteiger partial charge in [0.1, 0.15) is 0 Å². The van der Waals surface area contributed by atoms with Crippen molar-refractivity contribution in [2.75, 3.05) is 0 Å². The largest absolute Gasteiger partial charge is 0.184 e. The first-order chi connectivity index (χ1) is 21.3. The van der Waals surface area contributed by atoms with Gasteiger partial charge in [0.05, 0.1) is 0 Å². The monoisotopic (exact) mass is 742 g/mol. The van der Waals surface area contributed by atoms with E-state index in [2.05, 4.69) is 135 Å². The first-order valence-corrected chi connectivity index (χ1v) is 18.0. The fraction of sp³-hybridized carbons (Fsp3) is 0.364. The van der Waals surface area contributed by atoms with E-state index in [1.165, 1.54) is 91.0 Å². The fourth-order valence-corrected chi connectivity index (χ4v) is 7.10. The second-order valence-electron chi connectivity index (χ2n) is 13.6. The Hall–Kier alpha value is -2.05. The molecular formula is C44H54Cl2Zr-4. The molecule has 0 bridgehead atoms. The van der Waals surface area contributed by atoms with Crippen LogP contribution in [0.2, 0.25) is 0 Å². The molecule has 0 fully saturated rings. The number of benzene rings is 3. The number of hydrogen-bond acceptors (Lipinski definition) is 0. The molecule has 4 aliphatic rings. The Kier molecular flexibility index (Phi) is 16.5. The van der Waals surface area contributed by atoms with Gasteiger partial charge in [0.15, 0.2) is 0 Å². The van der Waals surface area contributed by atoms with Crippen molar-refractivity contribution < 1.29 is 24.2 Å². The van der Waals surface area contributed by atoms with Crippen LogP contribution in [0.15, 0.2) is 77.9 Å². The summed E-state index contributed by atoms with van der Waals surface area (Å²) in [6, 6.07) is 22.3. The summed E-state index contributed by atoms with van der Waals surface area (Å²) >= 11 is 1.30. The van der Waals surface area contributed by atoms with Crippen LogP contribution in [0.1, 0.15) is 110 Å². The first-order valence-electron chi connectivity index (χ1n) is 16.2. The average Bonchev–Trinajstić information content (AvgIpc) is 3.69. The Bertz CT molecular complexity index is 1520. The predicted molar refractivity (Wildman–Crippen MR) is 209 cm³/mol. The molecule has 47 heavy (non-hydrogen) atoms. The van der Waals surface area contributed by atoms with Crippen molar-refractivity contribution in [3.05, 3.63) is 136 Å². The molecule has 0 saturated carbocycles. The molecule has 0 aliphatic heterocycles. The maximum Gasteiger partial charge on any atom is -0.171 e. The van der Waals surface area contributed by atoms with Gasteiger partial charge >= 0.3 is 28.4 Å². The first kappa shape index (κ1) is 43.0. The number of rotatable bonds is 1. The van der Waals surface area contributed by atoms with Crippen LogP contribution in [0.25, 0.3) is 22.3 Å². The Morgan fingerprint density at radius 3 is 1.74 bits per heavy atom. The molecule has 4 aliphatic carbocycles. The summed E-state index contributed by atoms with van der Waals surface area (Å²) in [4.78, 5) is 0. The van der Waals surface area contributed by atoms with Crippen LogP contribution in [0.5, 0.6) is 0 Å². The number of allylic oxidation sites excluding steroid dienone is 8. The standard InChI is InChI=1S/C25H25.C10H15.C6H5.C2H5.CH2.2ClH.Zr/c1-14-12-24(3,4)22-8-16-7-17-9-23-19(15(2)13-25(23,5)6)11-21(17)20(16)10-18(14)22;1-7(2)10-6-8(3)5-9(10)4;1-2-4-6-5-3-1;1-2;;;;/h8-12H,7H2,1-6H3;6-8H,1-4H3;1-5H;1H2,2H3;1H2;2*1H;/q4*-1;;;;. The van der Waals surface area contributed by atoms with E-state index in [0.29, 0.717) is 11.8 Å². The molecule has 0 nitrogen and oxygen atoms in total. The smallest absolute Gasteiger partial charge is 0.171 e. The third kappa shape index (κ3) is 9.56. The molecule has 0 N–H and O–H groups in total. The quantitative estimate of drug-likeness (QED) is 0.170. The molecule has 0 spiro atoms. The summed E-state index contributed by atoms with van der Waals surface area (Å²) in [6.45, 7) is 27.5. The van der Waals surface area contributed by atoms with Crippen LogP contribution in [-0.2, 0) is 41.5 Å². The van der Waals surface area contributed by atoms with Crippen molar-refractivity contribution in [3.63, 3.8) is 0 Å². The minimum absolute atomic E-state index is 0. The summed E-state index contributed by atoms with van der Waals surface area (Å²) < 4.78 is 3.34. The van der Waals surface area contributed by atoms with Crippen molar-refractivity contribution in [1.29, 1.82) is 0 Å². The van der Waals surface area contributed by atoms with Crippen LogP contribution in [0, 0.1) is 37.0 Å². The molecule has 0 radical (unpaired) electrons. The third-order valence-electron chi connectivity index (χ3n) is 8.97. The molecule has 7 rings (SSSR count). The van der Waals surface area contributed by atoms with Crippen LogP contribution >= 0.6 is 24.8 Å². The Morgan fingerprint density at radius 1 is 0.787 bits per heavy atom. The number of hydrogen-bond donors (Lipinski definition) is 0. The van der Waals surface area contributed by atoms with Gasteiger partial charge in [-0.2, -0.15) is 60.5 Å². The molecule has 0 heterocycles. The second-order valence-corrected chi connectivity index (χ2v) is 13.6. The molecule has 3 aromatic rings. The van der Waals surface area contributed by atoms with E-state index in [9.17, 15) is 0 Å². The number of fused-ring (bicyclic) bond motifs is 5. The van der Waals surface area contributed by atoms with E-state index in [0.717, 1.165) is 6.42 Å². The summed E-state index contributed by atoms with van der Waals surface area (Å²) in [7, 11) is 0. The van der Waals surface area contributed by atoms with E-state index >= 15 is 0 Å². The average molecular weight is 745 g/mol. The van der Waals surface area contributed by atoms with E-state index in [1.54, 1.807) is 6.92 Å². The maximum atomic E-state index is 3.65. The topological polar surface area (TPSA) is 0 Å². The summed E-state index contributed by atoms with van der Waals surface area (Å²) in [6.07, 6.45) is 12.8. The van der Waals surface area contributed by atoms with Crippen molar-refractivity contribution in [3.8, 4) is 11.1 Å². The van der Waals surface area contributed by atoms with Gasteiger partial charge < -0.3 is 6.92 Å². The van der Waals surface area contributed by atoms with E-state index in [-0.39, 0.29) is 35.6 Å². The predicted octanol–water partition coefficient (Wildman–Crippen LogP) is 12.6. The zero-order chi connectivity index (χ0) is 33.7. The maximum absolute atomic E-state index is 3.65. The van der Waals surface area contributed by atoms with Gasteiger partial charge in [0, 0.05) is 5.41 Å². The van der Waals surface area contributed by atoms with Crippen molar-refractivity contribution in [2.45, 2.75) is 93.4 Å². The van der Waals surface area contributed by atoms with Crippen LogP contribution in [0.4, 0.5) is 0 Å². The minimum Gasteiger partial charge on any atom is -0.184 e. The zero-order valence-electron chi connectivity index (χ0n) is 30.4. The summed E-state index contributed by atoms with van der Waals surface area (Å²) in [5.41, 5.74) is 17.4. The SMILES string of the molecule is CC1=[C-]C(C)(C)c2cc3c(cc21)-c1cc2c(cc1C3)C(C)(C)C=C2C.CC1=[C-]C(C)C=C1C(C)C.Cl.Cl.[CH2-]C.[CH2]=[Zr].[c-]1ccccc1. The Balaban J connectivity index is 0.000000418. The molecule has 0 aromatic heterocycles. The molecule has 252 valence electrons. The van der Waals surface area contributed by atoms with Crippen molar-refractivity contribution in [2.24, 2.45) is 11.8 Å². The minimum atomic E-state index is 0. The molecule has 3 aromatic carbocycles. The van der Waals surface area contributed by atoms with Gasteiger partial charge in [-0.1, -0.05) is 97.8 Å². The number of halogens is 2. The van der Waals surface area contributed by atoms with Gasteiger partial charge in [-0.25, -0.2) is 11.1 Å². The van der Waals surface area contributed by atoms with Gasteiger partial charge in [0.2, 0.25) is 0 Å². The fourth-order valence-electron chi connectivity index (χ4n) is 7.10. The van der Waals surface area contributed by atoms with E-state index in [4.69, 9.17) is 0 Å². The van der Waals surface area contributed by atoms with Crippen LogP contribution in [-0.4, -0.2) is 4.21 Å². The molecule has 0 saturated heterocycles. The molecule has 1 unspecified atom stereocenters. The van der Waals surface area contributed by atoms with E-state index < -0.39 is 0 Å². The van der Waals surface area contributed by atoms with Crippen molar-refractivity contribution >= 4 is 40.2 Å². The third-order valence-corrected chi connectivity index (χ3v) is 8.97. The second kappa shape index (κ2) is 18.1. The van der Waals surface area contributed by atoms with Crippen molar-refractivity contribution in [1.82, 2.24) is 0 Å². The van der Waals surface area contributed by atoms with Gasteiger partial charge in [-0.15, -0.1) is 36.4 Å². The Morgan fingerprint density at radius 2 is 1.32 bits per heavy atom. The zero-order valence-corrected chi connectivity index (χ0v) is 34.5. The molecule has 3 heteroatoms.